The number of benzene rings is 1. The third-order valence-corrected chi connectivity index (χ3v) is 4.60. The molecular formula is C17H20N2OS. The van der Waals surface area contributed by atoms with Gasteiger partial charge in [-0.1, -0.05) is 12.1 Å². The number of hydrogen-bond donors (Lipinski definition) is 1. The average molecular weight is 300 g/mol. The van der Waals surface area contributed by atoms with E-state index in [1.807, 2.05) is 38.2 Å². The van der Waals surface area contributed by atoms with Crippen LogP contribution in [0.25, 0.3) is 6.08 Å². The summed E-state index contributed by atoms with van der Waals surface area (Å²) in [6.45, 7) is 4.11. The Hall–Kier alpha value is -2.07. The molecule has 0 aliphatic rings. The summed E-state index contributed by atoms with van der Waals surface area (Å²) in [5, 5.41) is 0. The van der Waals surface area contributed by atoms with Crippen molar-refractivity contribution in [2.75, 3.05) is 12.8 Å². The van der Waals surface area contributed by atoms with Crippen LogP contribution in [0.2, 0.25) is 0 Å². The number of anilines is 1. The Labute approximate surface area is 129 Å². The number of nitrogens with zero attached hydrogens (tertiary/aromatic N) is 1. The summed E-state index contributed by atoms with van der Waals surface area (Å²) in [6.07, 6.45) is 3.38. The monoisotopic (exact) mass is 300 g/mol. The van der Waals surface area contributed by atoms with Crippen LogP contribution in [0.15, 0.2) is 42.5 Å². The standard InChI is InChI=1S/C17H20N2OS/c1-12-7-9-16(21-12)13(2)19(3)17(20)10-8-14-5-4-6-15(18)11-14/h4-11,13H,18H2,1-3H3/b10-8+. The van der Waals surface area contributed by atoms with E-state index in [9.17, 15) is 4.79 Å². The van der Waals surface area contributed by atoms with Gasteiger partial charge in [0.2, 0.25) is 5.91 Å². The lowest BCUT2D eigenvalue weighted by Crippen LogP contribution is -2.27. The number of likely N-dealkylation sites (N-methyl/N-ethyl adjacent to an activating group) is 1. The van der Waals surface area contributed by atoms with E-state index in [1.165, 1.54) is 9.75 Å². The smallest absolute Gasteiger partial charge is 0.246 e. The number of carbonyl (C=O) groups excluding carboxylic acids is 1. The molecule has 4 heteroatoms. The molecule has 2 aromatic rings. The lowest BCUT2D eigenvalue weighted by molar-refractivity contribution is -0.126. The first-order chi connectivity index (χ1) is 9.97. The Morgan fingerprint density at radius 2 is 2.10 bits per heavy atom. The van der Waals surface area contributed by atoms with Gasteiger partial charge in [0.25, 0.3) is 0 Å². The first-order valence-electron chi connectivity index (χ1n) is 6.84. The van der Waals surface area contributed by atoms with Gasteiger partial charge in [-0.2, -0.15) is 0 Å². The summed E-state index contributed by atoms with van der Waals surface area (Å²) in [7, 11) is 1.83. The van der Waals surface area contributed by atoms with Crippen LogP contribution < -0.4 is 5.73 Å². The molecule has 0 bridgehead atoms. The van der Waals surface area contributed by atoms with Crippen molar-refractivity contribution in [2.24, 2.45) is 0 Å². The minimum atomic E-state index is -0.0176. The lowest BCUT2D eigenvalue weighted by atomic mass is 10.2. The number of nitrogens with two attached hydrogens (primary N) is 1. The highest BCUT2D eigenvalue weighted by atomic mass is 32.1. The second kappa shape index (κ2) is 6.59. The zero-order valence-corrected chi connectivity index (χ0v) is 13.4. The largest absolute Gasteiger partial charge is 0.399 e. The maximum Gasteiger partial charge on any atom is 0.246 e. The zero-order valence-electron chi connectivity index (χ0n) is 12.5. The molecule has 3 nitrogen and oxygen atoms in total. The summed E-state index contributed by atoms with van der Waals surface area (Å²) in [6, 6.07) is 11.7. The first kappa shape index (κ1) is 15.3. The lowest BCUT2D eigenvalue weighted by Gasteiger charge is -2.22. The molecule has 0 radical (unpaired) electrons. The van der Waals surface area contributed by atoms with Crippen LogP contribution in [-0.4, -0.2) is 17.9 Å². The van der Waals surface area contributed by atoms with E-state index in [0.29, 0.717) is 5.69 Å². The second-order valence-corrected chi connectivity index (χ2v) is 6.40. The second-order valence-electron chi connectivity index (χ2n) is 5.08. The minimum Gasteiger partial charge on any atom is -0.399 e. The fourth-order valence-corrected chi connectivity index (χ4v) is 2.98. The summed E-state index contributed by atoms with van der Waals surface area (Å²) >= 11 is 1.72. The van der Waals surface area contributed by atoms with Crippen LogP contribution in [0, 0.1) is 6.92 Å². The van der Waals surface area contributed by atoms with Gasteiger partial charge in [-0.25, -0.2) is 0 Å². The van der Waals surface area contributed by atoms with Gasteiger partial charge >= 0.3 is 0 Å². The van der Waals surface area contributed by atoms with E-state index in [1.54, 1.807) is 28.4 Å². The van der Waals surface area contributed by atoms with Gasteiger partial charge < -0.3 is 10.6 Å². The van der Waals surface area contributed by atoms with E-state index in [4.69, 9.17) is 5.73 Å². The molecule has 2 rings (SSSR count). The number of rotatable bonds is 4. The summed E-state index contributed by atoms with van der Waals surface area (Å²) < 4.78 is 0. The quantitative estimate of drug-likeness (QED) is 0.688. The fraction of sp³-hybridized carbons (Fsp3) is 0.235. The SMILES string of the molecule is Cc1ccc(C(C)N(C)C(=O)/C=C/c2cccc(N)c2)s1. The molecule has 0 saturated carbocycles. The Morgan fingerprint density at radius 3 is 2.71 bits per heavy atom. The van der Waals surface area contributed by atoms with Crippen molar-refractivity contribution in [3.8, 4) is 0 Å². The van der Waals surface area contributed by atoms with Crippen LogP contribution in [0.3, 0.4) is 0 Å². The molecule has 1 aromatic carbocycles. The van der Waals surface area contributed by atoms with Crippen LogP contribution in [0.4, 0.5) is 5.69 Å². The van der Waals surface area contributed by atoms with Crippen LogP contribution in [0.5, 0.6) is 0 Å². The van der Waals surface area contributed by atoms with Crippen molar-refractivity contribution in [3.63, 3.8) is 0 Å². The average Bonchev–Trinajstić information content (AvgIpc) is 2.90. The molecular weight excluding hydrogens is 280 g/mol. The Morgan fingerprint density at radius 1 is 1.33 bits per heavy atom. The Bertz CT molecular complexity index is 660. The van der Waals surface area contributed by atoms with Crippen molar-refractivity contribution in [1.29, 1.82) is 0 Å². The zero-order chi connectivity index (χ0) is 15.4. The summed E-state index contributed by atoms with van der Waals surface area (Å²) in [4.78, 5) is 16.4. The highest BCUT2D eigenvalue weighted by molar-refractivity contribution is 7.12. The van der Waals surface area contributed by atoms with E-state index in [-0.39, 0.29) is 11.9 Å². The number of carbonyl (C=O) groups is 1. The predicted octanol–water partition coefficient (Wildman–Crippen LogP) is 3.87. The molecule has 110 valence electrons. The first-order valence-corrected chi connectivity index (χ1v) is 7.66. The van der Waals surface area contributed by atoms with Crippen LogP contribution in [-0.2, 0) is 4.79 Å². The topological polar surface area (TPSA) is 46.3 Å². The molecule has 2 N–H and O–H groups in total. The van der Waals surface area contributed by atoms with E-state index < -0.39 is 0 Å². The molecule has 1 unspecified atom stereocenters. The van der Waals surface area contributed by atoms with E-state index in [0.717, 1.165) is 5.56 Å². The van der Waals surface area contributed by atoms with Crippen molar-refractivity contribution >= 4 is 29.0 Å². The molecule has 0 saturated heterocycles. The van der Waals surface area contributed by atoms with Crippen molar-refractivity contribution in [2.45, 2.75) is 19.9 Å². The van der Waals surface area contributed by atoms with Gasteiger partial charge in [0.1, 0.15) is 0 Å². The minimum absolute atomic E-state index is 0.0176. The highest BCUT2D eigenvalue weighted by Crippen LogP contribution is 2.26. The third-order valence-electron chi connectivity index (χ3n) is 3.43. The fourth-order valence-electron chi connectivity index (χ4n) is 2.01. The third kappa shape index (κ3) is 3.95. The van der Waals surface area contributed by atoms with E-state index >= 15 is 0 Å². The molecule has 0 fully saturated rings. The summed E-state index contributed by atoms with van der Waals surface area (Å²) in [5.41, 5.74) is 7.35. The molecule has 1 aromatic heterocycles. The normalized spacial score (nSPS) is 12.5. The Balaban J connectivity index is 2.05. The van der Waals surface area contributed by atoms with Gasteiger partial charge in [0.05, 0.1) is 6.04 Å². The van der Waals surface area contributed by atoms with Gasteiger partial charge in [0, 0.05) is 28.6 Å². The van der Waals surface area contributed by atoms with Crippen molar-refractivity contribution in [1.82, 2.24) is 4.90 Å². The van der Waals surface area contributed by atoms with Crippen molar-refractivity contribution < 1.29 is 4.79 Å². The Kier molecular flexibility index (Phi) is 4.81. The summed E-state index contributed by atoms with van der Waals surface area (Å²) in [5.74, 6) is -0.0176. The van der Waals surface area contributed by atoms with Crippen molar-refractivity contribution in [3.05, 3.63) is 57.8 Å². The molecule has 1 heterocycles. The number of nitrogen functional groups attached to an aromatic ring is 1. The maximum atomic E-state index is 12.2. The molecule has 0 aliphatic carbocycles. The highest BCUT2D eigenvalue weighted by Gasteiger charge is 2.16. The van der Waals surface area contributed by atoms with Gasteiger partial charge in [-0.15, -0.1) is 11.3 Å². The number of amides is 1. The van der Waals surface area contributed by atoms with Crippen LogP contribution in [0.1, 0.15) is 28.3 Å². The number of aryl methyl sites for hydroxylation is 1. The number of hydrogen-bond acceptors (Lipinski definition) is 3. The molecule has 1 atom stereocenters. The van der Waals surface area contributed by atoms with Gasteiger partial charge in [-0.3, -0.25) is 4.79 Å². The van der Waals surface area contributed by atoms with Crippen LogP contribution >= 0.6 is 11.3 Å². The maximum absolute atomic E-state index is 12.2. The molecule has 21 heavy (non-hydrogen) atoms. The van der Waals surface area contributed by atoms with Gasteiger partial charge in [-0.05, 0) is 49.8 Å². The van der Waals surface area contributed by atoms with Gasteiger partial charge in [0.15, 0.2) is 0 Å². The number of thiophene rings is 1. The predicted molar refractivity (Wildman–Crippen MR) is 90.1 cm³/mol. The molecule has 0 aliphatic heterocycles. The molecule has 1 amide bonds. The van der Waals surface area contributed by atoms with E-state index in [2.05, 4.69) is 19.1 Å². The molecule has 0 spiro atoms.